The van der Waals surface area contributed by atoms with Gasteiger partial charge in [-0.25, -0.2) is 9.98 Å². The van der Waals surface area contributed by atoms with E-state index in [-0.39, 0.29) is 12.4 Å². The average molecular weight is 294 g/mol. The quantitative estimate of drug-likeness (QED) is 0.649. The van der Waals surface area contributed by atoms with Crippen LogP contribution in [-0.2, 0) is 11.3 Å². The van der Waals surface area contributed by atoms with Gasteiger partial charge < -0.3 is 9.88 Å². The first-order valence-electron chi connectivity index (χ1n) is 6.49. The van der Waals surface area contributed by atoms with Crippen LogP contribution in [0, 0.1) is 11.3 Å². The summed E-state index contributed by atoms with van der Waals surface area (Å²) < 4.78 is 1.71. The second-order valence-electron chi connectivity index (χ2n) is 4.17. The number of carbonyl (C=O) groups is 1. The number of hydrogen-bond donors (Lipinski definition) is 1. The maximum atomic E-state index is 10.8. The molecule has 0 aliphatic rings. The van der Waals surface area contributed by atoms with Gasteiger partial charge >= 0.3 is 0 Å². The Morgan fingerprint density at radius 1 is 1.55 bits per heavy atom. The average Bonchev–Trinajstić information content (AvgIpc) is 2.88. The molecule has 7 heteroatoms. The molecule has 0 bridgehead atoms. The molecule has 2 aromatic rings. The summed E-state index contributed by atoms with van der Waals surface area (Å²) in [5, 5.41) is 11.5. The summed E-state index contributed by atoms with van der Waals surface area (Å²) in [6.45, 7) is 5.33. The first-order valence-corrected chi connectivity index (χ1v) is 6.49. The summed E-state index contributed by atoms with van der Waals surface area (Å²) >= 11 is 0. The maximum absolute atomic E-state index is 10.8. The number of nitriles is 1. The molecule has 1 amide bonds. The van der Waals surface area contributed by atoms with E-state index >= 15 is 0 Å². The van der Waals surface area contributed by atoms with Gasteiger partial charge in [-0.1, -0.05) is 12.1 Å². The highest BCUT2D eigenvalue weighted by Gasteiger charge is 2.17. The summed E-state index contributed by atoms with van der Waals surface area (Å²) in [5.74, 6) is 0.648. The van der Waals surface area contributed by atoms with E-state index in [9.17, 15) is 4.79 Å². The number of amides is 1. The topological polar surface area (TPSA) is 95.4 Å². The monoisotopic (exact) mass is 294 g/mol. The van der Waals surface area contributed by atoms with Gasteiger partial charge in [-0.15, -0.1) is 0 Å². The predicted molar refractivity (Wildman–Crippen MR) is 85.2 cm³/mol. The van der Waals surface area contributed by atoms with E-state index in [0.29, 0.717) is 17.9 Å². The number of benzene rings is 1. The van der Waals surface area contributed by atoms with Gasteiger partial charge in [0.1, 0.15) is 12.2 Å². The fourth-order valence-corrected chi connectivity index (χ4v) is 2.09. The molecular formula is C15H14N6O. The number of hydrogen-bond acceptors (Lipinski definition) is 5. The van der Waals surface area contributed by atoms with Crippen molar-refractivity contribution in [3.8, 4) is 6.07 Å². The molecule has 7 nitrogen and oxygen atoms in total. The minimum Gasteiger partial charge on any atom is -0.311 e. The minimum atomic E-state index is 0.0963. The highest BCUT2D eigenvalue weighted by atomic mass is 16.1. The van der Waals surface area contributed by atoms with Crippen LogP contribution in [0.25, 0.3) is 16.7 Å². The summed E-state index contributed by atoms with van der Waals surface area (Å²) in [6, 6.07) is 9.51. The number of nitrogens with zero attached hydrogens (tertiary/aromatic N) is 5. The number of fused-ring (bicyclic) bond motifs is 1. The Morgan fingerprint density at radius 3 is 2.95 bits per heavy atom. The Bertz CT molecular complexity index is 809. The molecule has 22 heavy (non-hydrogen) atoms. The van der Waals surface area contributed by atoms with Crippen LogP contribution in [0.15, 0.2) is 40.1 Å². The van der Waals surface area contributed by atoms with E-state index in [4.69, 9.17) is 5.26 Å². The molecule has 0 radical (unpaired) electrons. The predicted octanol–water partition coefficient (Wildman–Crippen LogP) is 1.72. The second-order valence-corrected chi connectivity index (χ2v) is 4.17. The fraction of sp³-hybridized carbons (Fsp3) is 0.133. The molecule has 2 rings (SSSR count). The smallest absolute Gasteiger partial charge is 0.212 e. The van der Waals surface area contributed by atoms with E-state index in [1.807, 2.05) is 24.3 Å². The number of rotatable bonds is 6. The van der Waals surface area contributed by atoms with Crippen LogP contribution in [0.5, 0.6) is 0 Å². The van der Waals surface area contributed by atoms with E-state index in [2.05, 4.69) is 33.1 Å². The minimum absolute atomic E-state index is 0.0963. The molecule has 0 aliphatic heterocycles. The van der Waals surface area contributed by atoms with Crippen molar-refractivity contribution in [2.75, 3.05) is 0 Å². The van der Waals surface area contributed by atoms with Crippen molar-refractivity contribution in [3.05, 3.63) is 35.9 Å². The molecule has 0 atom stereocenters. The lowest BCUT2D eigenvalue weighted by atomic mass is 10.3. The van der Waals surface area contributed by atoms with Crippen molar-refractivity contribution in [1.82, 2.24) is 14.9 Å². The van der Waals surface area contributed by atoms with Gasteiger partial charge in [0, 0.05) is 6.21 Å². The van der Waals surface area contributed by atoms with Crippen LogP contribution < -0.4 is 5.32 Å². The molecule has 0 saturated carbocycles. The number of nitrogens with one attached hydrogen (secondary N) is 1. The Kier molecular flexibility index (Phi) is 4.78. The largest absolute Gasteiger partial charge is 0.311 e. The van der Waals surface area contributed by atoms with Crippen LogP contribution >= 0.6 is 0 Å². The highest BCUT2D eigenvalue weighted by Crippen LogP contribution is 2.24. The van der Waals surface area contributed by atoms with Crippen molar-refractivity contribution in [2.45, 2.75) is 13.5 Å². The second kappa shape index (κ2) is 6.95. The number of carbonyl (C=O) groups excluding carboxylic acids is 1. The van der Waals surface area contributed by atoms with E-state index in [0.717, 1.165) is 11.0 Å². The summed E-state index contributed by atoms with van der Waals surface area (Å²) in [6.07, 6.45) is 2.03. The van der Waals surface area contributed by atoms with Gasteiger partial charge in [0.05, 0.1) is 17.1 Å². The zero-order chi connectivity index (χ0) is 15.9. The summed E-state index contributed by atoms with van der Waals surface area (Å²) in [5.41, 5.74) is 1.82. The van der Waals surface area contributed by atoms with Gasteiger partial charge in [-0.3, -0.25) is 9.79 Å². The first-order chi connectivity index (χ1) is 10.8. The molecule has 1 heterocycles. The Labute approximate surface area is 127 Å². The number of aliphatic imine (C=N–C) groups is 2. The molecule has 1 N–H and O–H groups in total. The summed E-state index contributed by atoms with van der Waals surface area (Å²) in [4.78, 5) is 23.3. The van der Waals surface area contributed by atoms with Crippen molar-refractivity contribution in [2.24, 2.45) is 9.98 Å². The van der Waals surface area contributed by atoms with Gasteiger partial charge in [0.25, 0.3) is 0 Å². The lowest BCUT2D eigenvalue weighted by Crippen LogP contribution is -2.13. The number of imidazole rings is 1. The molecule has 1 aromatic carbocycles. The third-order valence-corrected chi connectivity index (χ3v) is 2.93. The van der Waals surface area contributed by atoms with E-state index in [1.54, 1.807) is 11.5 Å². The highest BCUT2D eigenvalue weighted by molar-refractivity contribution is 5.82. The van der Waals surface area contributed by atoms with Crippen LogP contribution in [0.1, 0.15) is 12.7 Å². The van der Waals surface area contributed by atoms with Crippen LogP contribution in [0.4, 0.5) is 0 Å². The van der Waals surface area contributed by atoms with Crippen molar-refractivity contribution < 1.29 is 4.79 Å². The SMILES string of the molecule is C=N/C(=C(\N=C/C)NC=O)c1nc2ccccc2n1CC#N. The molecular weight excluding hydrogens is 280 g/mol. The third-order valence-electron chi connectivity index (χ3n) is 2.93. The van der Waals surface area contributed by atoms with Crippen LogP contribution in [-0.4, -0.2) is 28.9 Å². The molecule has 0 aliphatic carbocycles. The third kappa shape index (κ3) is 2.76. The molecule has 0 fully saturated rings. The molecule has 0 saturated heterocycles. The Hall–Kier alpha value is -3.27. The van der Waals surface area contributed by atoms with E-state index in [1.165, 1.54) is 6.21 Å². The Balaban J connectivity index is 2.77. The number of aromatic nitrogens is 2. The lowest BCUT2D eigenvalue weighted by molar-refractivity contribution is -0.108. The van der Waals surface area contributed by atoms with Crippen molar-refractivity contribution >= 4 is 36.1 Å². The van der Waals surface area contributed by atoms with E-state index < -0.39 is 0 Å². The van der Waals surface area contributed by atoms with Gasteiger partial charge in [-0.05, 0) is 25.8 Å². The molecule has 0 spiro atoms. The zero-order valence-corrected chi connectivity index (χ0v) is 12.0. The summed E-state index contributed by atoms with van der Waals surface area (Å²) in [7, 11) is 0. The normalized spacial score (nSPS) is 12.0. The van der Waals surface area contributed by atoms with Crippen molar-refractivity contribution in [3.63, 3.8) is 0 Å². The zero-order valence-electron chi connectivity index (χ0n) is 12.0. The van der Waals surface area contributed by atoms with Gasteiger partial charge in [-0.2, -0.15) is 5.26 Å². The molecule has 110 valence electrons. The van der Waals surface area contributed by atoms with Gasteiger partial charge in [0.2, 0.25) is 6.41 Å². The molecule has 1 aromatic heterocycles. The van der Waals surface area contributed by atoms with Gasteiger partial charge in [0.15, 0.2) is 11.6 Å². The standard InChI is InChI=1S/C15H14N6O/c1-3-18-14(19-10-22)13(17-2)15-20-11-6-4-5-7-12(11)21(15)9-8-16/h3-7,10H,2,9H2,1H3,(H,19,22)/b14-13+,18-3-. The first kappa shape index (κ1) is 15.1. The van der Waals surface area contributed by atoms with Crippen LogP contribution in [0.2, 0.25) is 0 Å². The maximum Gasteiger partial charge on any atom is 0.212 e. The van der Waals surface area contributed by atoms with Crippen LogP contribution in [0.3, 0.4) is 0 Å². The molecule has 0 unspecified atom stereocenters. The fourth-order valence-electron chi connectivity index (χ4n) is 2.09. The Morgan fingerprint density at radius 2 is 2.32 bits per heavy atom. The number of para-hydroxylation sites is 2. The lowest BCUT2D eigenvalue weighted by Gasteiger charge is -2.08. The van der Waals surface area contributed by atoms with Crippen molar-refractivity contribution in [1.29, 1.82) is 5.26 Å².